The molecule has 0 saturated carbocycles. The van der Waals surface area contributed by atoms with Gasteiger partial charge in [-0.15, -0.1) is 0 Å². The number of nitrogens with zero attached hydrogens (tertiary/aromatic N) is 1. The van der Waals surface area contributed by atoms with Crippen molar-refractivity contribution < 1.29 is 47.5 Å². The molecule has 1 aromatic rings. The Morgan fingerprint density at radius 2 is 1.92 bits per heavy atom. The van der Waals surface area contributed by atoms with Crippen LogP contribution in [0.5, 0.6) is 17.2 Å². The third-order valence-electron chi connectivity index (χ3n) is 7.48. The molecule has 0 radical (unpaired) electrons. The van der Waals surface area contributed by atoms with E-state index >= 15 is 0 Å². The number of hydrogen-bond acceptors (Lipinski definition) is 10. The van der Waals surface area contributed by atoms with Crippen LogP contribution in [0.4, 0.5) is 0 Å². The molecule has 214 valence electrons. The van der Waals surface area contributed by atoms with Crippen LogP contribution in [0.15, 0.2) is 12.1 Å². The fraction of sp³-hybridized carbons (Fsp3) is 0.643. The first-order chi connectivity index (χ1) is 18.8. The lowest BCUT2D eigenvalue weighted by atomic mass is 9.83. The molecule has 1 amide bonds. The van der Waals surface area contributed by atoms with Crippen molar-refractivity contribution in [1.82, 2.24) is 4.90 Å². The average Bonchev–Trinajstić information content (AvgIpc) is 3.53. The van der Waals surface area contributed by atoms with Crippen LogP contribution in [-0.2, 0) is 28.5 Å². The van der Waals surface area contributed by atoms with Crippen molar-refractivity contribution >= 4 is 18.0 Å². The Bertz CT molecular complexity index is 1110. The number of carbonyl (C=O) groups is 2. The van der Waals surface area contributed by atoms with E-state index in [2.05, 4.69) is 0 Å². The molecular weight excluding hydrogens is 510 g/mol. The molecule has 4 aliphatic rings. The minimum Gasteiger partial charge on any atom is -0.492 e. The zero-order valence-corrected chi connectivity index (χ0v) is 23.1. The maximum absolute atomic E-state index is 13.9. The maximum atomic E-state index is 13.9. The van der Waals surface area contributed by atoms with Gasteiger partial charge in [-0.3, -0.25) is 9.59 Å². The normalized spacial score (nSPS) is 28.8. The summed E-state index contributed by atoms with van der Waals surface area (Å²) in [5.74, 6) is -0.187. The third-order valence-corrected chi connectivity index (χ3v) is 7.48. The van der Waals surface area contributed by atoms with Gasteiger partial charge in [-0.1, -0.05) is 0 Å². The summed E-state index contributed by atoms with van der Waals surface area (Å²) in [5.41, 5.74) is 1.28. The van der Waals surface area contributed by atoms with Crippen molar-refractivity contribution in [2.45, 2.75) is 83.5 Å². The highest BCUT2D eigenvalue weighted by Crippen LogP contribution is 2.50. The average molecular weight is 548 g/mol. The molecule has 0 N–H and O–H groups in total. The smallest absolute Gasteiger partial charge is 0.293 e. The molecule has 11 heteroatoms. The first-order valence-corrected chi connectivity index (χ1v) is 13.6. The standard InChI is InChI=1S/C28H37NO10/c1-6-29(7-2)27(31)21-16(12-18-23(25(21)32-5)36-15-35-18)17-13-19(37-20-10-8-9-11-33-20)24-26(22(17)34-14-30)39-28(3,4)38-24/h12-14,19-20,22,24,26H,6-11,15H2,1-5H3/t19-,20?,22+,24+,26-/m0/s1. The number of rotatable bonds is 9. The Balaban J connectivity index is 1.68. The van der Waals surface area contributed by atoms with E-state index in [-0.39, 0.29) is 24.0 Å². The summed E-state index contributed by atoms with van der Waals surface area (Å²) in [4.78, 5) is 27.4. The van der Waals surface area contributed by atoms with E-state index in [4.69, 9.17) is 37.9 Å². The first-order valence-electron chi connectivity index (χ1n) is 13.6. The monoisotopic (exact) mass is 547 g/mol. The Morgan fingerprint density at radius 1 is 1.15 bits per heavy atom. The second kappa shape index (κ2) is 11.3. The molecule has 39 heavy (non-hydrogen) atoms. The van der Waals surface area contributed by atoms with Crippen molar-refractivity contribution in [3.8, 4) is 17.2 Å². The minimum absolute atomic E-state index is 0.0119. The number of amides is 1. The highest BCUT2D eigenvalue weighted by atomic mass is 16.8. The quantitative estimate of drug-likeness (QED) is 0.427. The highest BCUT2D eigenvalue weighted by Gasteiger charge is 2.54. The Kier molecular flexibility index (Phi) is 8.04. The molecule has 1 aromatic carbocycles. The molecule has 0 aromatic heterocycles. The van der Waals surface area contributed by atoms with Crippen LogP contribution < -0.4 is 14.2 Å². The molecule has 5 atom stereocenters. The largest absolute Gasteiger partial charge is 0.492 e. The zero-order valence-electron chi connectivity index (χ0n) is 23.1. The molecule has 1 unspecified atom stereocenters. The van der Waals surface area contributed by atoms with Gasteiger partial charge in [-0.05, 0) is 59.1 Å². The summed E-state index contributed by atoms with van der Waals surface area (Å²) in [6.45, 7) is 9.37. The number of carbonyl (C=O) groups excluding carboxylic acids is 2. The van der Waals surface area contributed by atoms with Crippen molar-refractivity contribution in [3.63, 3.8) is 0 Å². The van der Waals surface area contributed by atoms with Crippen molar-refractivity contribution in [2.75, 3.05) is 33.6 Å². The van der Waals surface area contributed by atoms with E-state index in [9.17, 15) is 9.59 Å². The minimum atomic E-state index is -0.954. The molecule has 2 saturated heterocycles. The van der Waals surface area contributed by atoms with Gasteiger partial charge < -0.3 is 42.8 Å². The van der Waals surface area contributed by atoms with E-state index in [0.29, 0.717) is 48.8 Å². The van der Waals surface area contributed by atoms with Crippen LogP contribution in [0, 0.1) is 0 Å². The predicted octanol–water partition coefficient (Wildman–Crippen LogP) is 3.28. The van der Waals surface area contributed by atoms with Gasteiger partial charge in [0.15, 0.2) is 29.7 Å². The summed E-state index contributed by atoms with van der Waals surface area (Å²) >= 11 is 0. The Labute approximate surface area is 228 Å². The van der Waals surface area contributed by atoms with E-state index in [1.165, 1.54) is 7.11 Å². The van der Waals surface area contributed by atoms with E-state index < -0.39 is 36.5 Å². The lowest BCUT2D eigenvalue weighted by Gasteiger charge is -2.38. The van der Waals surface area contributed by atoms with Crippen molar-refractivity contribution in [1.29, 1.82) is 0 Å². The number of methoxy groups -OCH3 is 1. The van der Waals surface area contributed by atoms with Gasteiger partial charge >= 0.3 is 0 Å². The van der Waals surface area contributed by atoms with E-state index in [1.54, 1.807) is 24.8 Å². The van der Waals surface area contributed by atoms with Gasteiger partial charge in [-0.25, -0.2) is 0 Å². The van der Waals surface area contributed by atoms with E-state index in [0.717, 1.165) is 19.3 Å². The molecule has 1 aliphatic carbocycles. The van der Waals surface area contributed by atoms with Gasteiger partial charge in [0.05, 0.1) is 12.7 Å². The van der Waals surface area contributed by atoms with Crippen LogP contribution >= 0.6 is 0 Å². The lowest BCUT2D eigenvalue weighted by Crippen LogP contribution is -2.49. The van der Waals surface area contributed by atoms with Crippen molar-refractivity contribution in [3.05, 3.63) is 23.3 Å². The Hall–Kier alpha value is -2.86. The number of benzene rings is 1. The number of hydrogen-bond donors (Lipinski definition) is 0. The summed E-state index contributed by atoms with van der Waals surface area (Å²) in [5, 5.41) is 0. The molecular formula is C28H37NO10. The van der Waals surface area contributed by atoms with Crippen LogP contribution in [0.3, 0.4) is 0 Å². The number of ether oxygens (including phenoxy) is 8. The zero-order chi connectivity index (χ0) is 27.7. The SMILES string of the molecule is CCN(CC)C(=O)c1c(C2=C[C@H](OC3CCCCO3)[C@H]3OC(C)(C)O[C@H]3[C@@H]2OC=O)cc2c(c1OC)OCO2. The fourth-order valence-electron chi connectivity index (χ4n) is 5.73. The fourth-order valence-corrected chi connectivity index (χ4v) is 5.73. The number of fused-ring (bicyclic) bond motifs is 2. The second-order valence-electron chi connectivity index (χ2n) is 10.3. The Morgan fingerprint density at radius 3 is 2.59 bits per heavy atom. The molecule has 2 fully saturated rings. The van der Waals surface area contributed by atoms with Crippen LogP contribution in [0.1, 0.15) is 62.9 Å². The van der Waals surface area contributed by atoms with E-state index in [1.807, 2.05) is 19.9 Å². The molecule has 11 nitrogen and oxygen atoms in total. The molecule has 3 heterocycles. The second-order valence-corrected chi connectivity index (χ2v) is 10.3. The molecule has 3 aliphatic heterocycles. The summed E-state index contributed by atoms with van der Waals surface area (Å²) < 4.78 is 47.6. The predicted molar refractivity (Wildman–Crippen MR) is 138 cm³/mol. The summed E-state index contributed by atoms with van der Waals surface area (Å²) in [7, 11) is 1.48. The third kappa shape index (κ3) is 5.20. The molecule has 0 bridgehead atoms. The van der Waals surface area contributed by atoms with Gasteiger partial charge in [0.1, 0.15) is 18.3 Å². The topological polar surface area (TPSA) is 111 Å². The van der Waals surface area contributed by atoms with Crippen LogP contribution in [0.2, 0.25) is 0 Å². The summed E-state index contributed by atoms with van der Waals surface area (Å²) in [6.07, 6.45) is 1.37. The van der Waals surface area contributed by atoms with Crippen LogP contribution in [0.25, 0.3) is 5.57 Å². The summed E-state index contributed by atoms with van der Waals surface area (Å²) in [6, 6.07) is 1.73. The van der Waals surface area contributed by atoms with Crippen molar-refractivity contribution in [2.24, 2.45) is 0 Å². The highest BCUT2D eigenvalue weighted by molar-refractivity contribution is 6.04. The van der Waals surface area contributed by atoms with Gasteiger partial charge in [0, 0.05) is 30.8 Å². The van der Waals surface area contributed by atoms with Gasteiger partial charge in [0.2, 0.25) is 12.5 Å². The first kappa shape index (κ1) is 27.7. The maximum Gasteiger partial charge on any atom is 0.293 e. The van der Waals surface area contributed by atoms with Gasteiger partial charge in [0.25, 0.3) is 12.4 Å². The lowest BCUT2D eigenvalue weighted by molar-refractivity contribution is -0.208. The van der Waals surface area contributed by atoms with Crippen LogP contribution in [-0.4, -0.2) is 87.4 Å². The molecule has 5 rings (SSSR count). The van der Waals surface area contributed by atoms with Gasteiger partial charge in [-0.2, -0.15) is 0 Å². The molecule has 0 spiro atoms.